The number of hydrogen-bond acceptors (Lipinski definition) is 13. The Kier molecular flexibility index (Phi) is 14.2. The number of ether oxygens (including phenoxy) is 2. The summed E-state index contributed by atoms with van der Waals surface area (Å²) in [5, 5.41) is 16.3. The lowest BCUT2D eigenvalue weighted by Crippen LogP contribution is -2.41. The maximum absolute atomic E-state index is 12.2. The van der Waals surface area contributed by atoms with Crippen molar-refractivity contribution in [3.63, 3.8) is 0 Å². The molecule has 9 rings (SSSR count). The van der Waals surface area contributed by atoms with Crippen molar-refractivity contribution < 1.29 is 46.7 Å². The van der Waals surface area contributed by atoms with Gasteiger partial charge in [-0.2, -0.15) is 8.42 Å². The number of nitrogens with zero attached hydrogens (tertiary/aromatic N) is 3. The smallest absolute Gasteiger partial charge is 0.302 e. The summed E-state index contributed by atoms with van der Waals surface area (Å²) in [5.41, 5.74) is 9.37. The normalized spacial score (nSPS) is 18.2. The number of esters is 2. The molecule has 15 heteroatoms. The van der Waals surface area contributed by atoms with E-state index in [2.05, 4.69) is 114 Å². The molecule has 0 saturated heterocycles. The van der Waals surface area contributed by atoms with Crippen LogP contribution in [0, 0.1) is 0 Å². The van der Waals surface area contributed by atoms with E-state index in [-0.39, 0.29) is 36.1 Å². The van der Waals surface area contributed by atoms with Crippen molar-refractivity contribution in [3.8, 4) is 0 Å². The summed E-state index contributed by atoms with van der Waals surface area (Å²) in [6.45, 7) is 12.8. The molecule has 6 aromatic carbocycles. The quantitative estimate of drug-likeness (QED) is 0.0310. The Balaban J connectivity index is 1.19. The lowest BCUT2D eigenvalue weighted by Gasteiger charge is -2.33. The molecular weight excluding hydrogens is 951 g/mol. The highest BCUT2D eigenvalue weighted by Crippen LogP contribution is 2.53. The van der Waals surface area contributed by atoms with Gasteiger partial charge in [-0.25, -0.2) is 5.26 Å². The molecule has 2 aliphatic heterocycles. The van der Waals surface area contributed by atoms with Gasteiger partial charge in [-0.15, -0.1) is 4.33 Å². The molecule has 1 atom stereocenters. The predicted octanol–water partition coefficient (Wildman–Crippen LogP) is 12.3. The van der Waals surface area contributed by atoms with Gasteiger partial charge in [-0.05, 0) is 123 Å². The maximum atomic E-state index is 12.2. The van der Waals surface area contributed by atoms with E-state index >= 15 is 0 Å². The number of hydrogen-bond donors (Lipinski definition) is 2. The molecule has 372 valence electrons. The Morgan fingerprint density at radius 2 is 1.36 bits per heavy atom. The third-order valence-electron chi connectivity index (χ3n) is 14.0. The molecule has 0 aromatic heterocycles. The van der Waals surface area contributed by atoms with Crippen molar-refractivity contribution >= 4 is 78.4 Å². The summed E-state index contributed by atoms with van der Waals surface area (Å²) in [6, 6.07) is 39.2. The standard InChI is InChI=1S/C57H57N3O10S2/c1-37(61)67-33-31-58-49-27-19-41-35-45(71-70-69-63)23-25-47(41)53(49)56(3,4)51(58)29-21-39-17-18-40(55(39)60(43-13-9-7-10-14-43)44-15-11-8-12-16-44)22-30-52-57(5,6)54-48-26-24-46(72(64,65)66)36-42(48)20-28-50(54)59(52)32-34-68-38(2)62/h7-16,19-30,35-36,51,63H,17-18,31-34H2,1-6H3,(H,64,65,66). The molecule has 6 aromatic rings. The van der Waals surface area contributed by atoms with Crippen LogP contribution in [0.2, 0.25) is 0 Å². The average Bonchev–Trinajstić information content (AvgIpc) is 3.92. The van der Waals surface area contributed by atoms with Crippen LogP contribution in [-0.4, -0.2) is 62.5 Å². The monoisotopic (exact) mass is 1010 g/mol. The van der Waals surface area contributed by atoms with Crippen LogP contribution in [0.5, 0.6) is 0 Å². The molecule has 2 heterocycles. The van der Waals surface area contributed by atoms with E-state index in [0.29, 0.717) is 18.5 Å². The van der Waals surface area contributed by atoms with Crippen LogP contribution < -0.4 is 14.7 Å². The molecule has 0 saturated carbocycles. The number of anilines is 4. The fourth-order valence-electron chi connectivity index (χ4n) is 10.9. The first-order valence-electron chi connectivity index (χ1n) is 23.8. The van der Waals surface area contributed by atoms with Crippen molar-refractivity contribution in [1.82, 2.24) is 0 Å². The fraction of sp³-hybridized carbons (Fsp3) is 0.263. The van der Waals surface area contributed by atoms with Crippen LogP contribution in [0.3, 0.4) is 0 Å². The van der Waals surface area contributed by atoms with Crippen molar-refractivity contribution in [2.45, 2.75) is 81.0 Å². The first-order valence-corrected chi connectivity index (χ1v) is 26.0. The van der Waals surface area contributed by atoms with Crippen LogP contribution >= 0.6 is 12.0 Å². The van der Waals surface area contributed by atoms with E-state index in [1.165, 1.54) is 31.5 Å². The third kappa shape index (κ3) is 9.80. The number of allylic oxidation sites excluding steroid dienone is 6. The summed E-state index contributed by atoms with van der Waals surface area (Å²) < 4.78 is 50.1. The first kappa shape index (κ1) is 50.2. The number of carbonyl (C=O) groups is 2. The van der Waals surface area contributed by atoms with Gasteiger partial charge in [0.15, 0.2) is 0 Å². The van der Waals surface area contributed by atoms with E-state index in [4.69, 9.17) is 19.1 Å². The second-order valence-electron chi connectivity index (χ2n) is 19.2. The van der Waals surface area contributed by atoms with Crippen LogP contribution in [0.4, 0.5) is 22.7 Å². The van der Waals surface area contributed by atoms with Crippen molar-refractivity contribution in [2.75, 3.05) is 41.0 Å². The van der Waals surface area contributed by atoms with Gasteiger partial charge in [0.05, 0.1) is 41.8 Å². The Hall–Kier alpha value is -6.72. The number of para-hydroxylation sites is 2. The van der Waals surface area contributed by atoms with Gasteiger partial charge in [-0.1, -0.05) is 112 Å². The van der Waals surface area contributed by atoms with E-state index < -0.39 is 20.9 Å². The molecule has 1 unspecified atom stereocenters. The van der Waals surface area contributed by atoms with Crippen LogP contribution in [-0.2, 0) is 49.4 Å². The zero-order valence-corrected chi connectivity index (χ0v) is 42.6. The van der Waals surface area contributed by atoms with Crippen LogP contribution in [0.25, 0.3) is 21.5 Å². The SMILES string of the molecule is CC(=O)OCCN1C(=CC=C2CCC(C=CC3N(CCOC(C)=O)c4ccc5cc(SOOO)ccc5c4C3(C)C)=C2N(c2ccccc2)c2ccccc2)C(C)(C)c2c1ccc1cc(S(=O)(=O)O)ccc21. The fourth-order valence-corrected chi connectivity index (χ4v) is 11.8. The molecular formula is C57H57N3O10S2. The van der Waals surface area contributed by atoms with Gasteiger partial charge >= 0.3 is 11.9 Å². The van der Waals surface area contributed by atoms with Gasteiger partial charge in [0.25, 0.3) is 10.1 Å². The molecule has 0 amide bonds. The van der Waals surface area contributed by atoms with Crippen molar-refractivity contribution in [2.24, 2.45) is 0 Å². The summed E-state index contributed by atoms with van der Waals surface area (Å²) in [5.74, 6) is -0.712. The molecule has 0 bridgehead atoms. The zero-order chi connectivity index (χ0) is 51.0. The molecule has 0 fully saturated rings. The number of carbonyl (C=O) groups excluding carboxylic acids is 2. The lowest BCUT2D eigenvalue weighted by atomic mass is 9.78. The average molecular weight is 1010 g/mol. The highest BCUT2D eigenvalue weighted by molar-refractivity contribution is 7.94. The summed E-state index contributed by atoms with van der Waals surface area (Å²) in [7, 11) is -4.43. The third-order valence-corrected chi connectivity index (χ3v) is 15.4. The molecule has 0 radical (unpaired) electrons. The van der Waals surface area contributed by atoms with Crippen LogP contribution in [0.1, 0.15) is 65.5 Å². The van der Waals surface area contributed by atoms with E-state index in [1.54, 1.807) is 6.07 Å². The van der Waals surface area contributed by atoms with Gasteiger partial charge in [0.1, 0.15) is 13.2 Å². The van der Waals surface area contributed by atoms with E-state index in [0.717, 1.165) is 96.8 Å². The second kappa shape index (κ2) is 20.4. The number of fused-ring (bicyclic) bond motifs is 6. The first-order chi connectivity index (χ1) is 34.5. The Morgan fingerprint density at radius 1 is 0.750 bits per heavy atom. The minimum atomic E-state index is -4.43. The van der Waals surface area contributed by atoms with Gasteiger partial charge in [0, 0.05) is 58.0 Å². The summed E-state index contributed by atoms with van der Waals surface area (Å²) in [4.78, 5) is 31.6. The number of benzene rings is 6. The minimum absolute atomic E-state index is 0.147. The zero-order valence-electron chi connectivity index (χ0n) is 41.0. The highest BCUT2D eigenvalue weighted by atomic mass is 32.2. The predicted molar refractivity (Wildman–Crippen MR) is 283 cm³/mol. The molecule has 0 spiro atoms. The molecule has 1 aliphatic carbocycles. The van der Waals surface area contributed by atoms with Crippen molar-refractivity contribution in [3.05, 3.63) is 179 Å². The van der Waals surface area contributed by atoms with Gasteiger partial charge in [0.2, 0.25) is 0 Å². The Morgan fingerprint density at radius 3 is 2.00 bits per heavy atom. The molecule has 2 N–H and O–H groups in total. The minimum Gasteiger partial charge on any atom is -0.464 e. The molecule has 3 aliphatic rings. The summed E-state index contributed by atoms with van der Waals surface area (Å²) >= 11 is 0.916. The Labute approximate surface area is 424 Å². The van der Waals surface area contributed by atoms with E-state index in [9.17, 15) is 22.6 Å². The number of rotatable bonds is 16. The largest absolute Gasteiger partial charge is 0.464 e. The molecule has 13 nitrogen and oxygen atoms in total. The lowest BCUT2D eigenvalue weighted by molar-refractivity contribution is -0.432. The van der Waals surface area contributed by atoms with Gasteiger partial charge in [-0.3, -0.25) is 14.1 Å². The topological polar surface area (TPSA) is 155 Å². The second-order valence-corrected chi connectivity index (χ2v) is 21.4. The van der Waals surface area contributed by atoms with E-state index in [1.807, 2.05) is 60.7 Å². The highest BCUT2D eigenvalue weighted by Gasteiger charge is 2.45. The summed E-state index contributed by atoms with van der Waals surface area (Å²) in [6.07, 6.45) is 10.4. The van der Waals surface area contributed by atoms with Crippen molar-refractivity contribution in [1.29, 1.82) is 0 Å². The maximum Gasteiger partial charge on any atom is 0.302 e. The Bertz CT molecular complexity index is 3270. The van der Waals surface area contributed by atoms with Gasteiger partial charge < -0.3 is 24.2 Å². The van der Waals surface area contributed by atoms with Crippen LogP contribution in [0.15, 0.2) is 178 Å². The molecule has 72 heavy (non-hydrogen) atoms.